The minimum atomic E-state index is -1.25. The molecule has 2 N–H and O–H groups in total. The summed E-state index contributed by atoms with van der Waals surface area (Å²) < 4.78 is 32.2. The molecule has 4 aromatic carbocycles. The maximum Gasteiger partial charge on any atom is 0.408 e. The Labute approximate surface area is 236 Å². The van der Waals surface area contributed by atoms with E-state index in [1.54, 1.807) is 26.8 Å². The van der Waals surface area contributed by atoms with Crippen LogP contribution < -0.4 is 5.32 Å². The summed E-state index contributed by atoms with van der Waals surface area (Å²) >= 11 is 0. The van der Waals surface area contributed by atoms with E-state index in [9.17, 15) is 14.7 Å². The molecule has 0 saturated carbocycles. The second-order valence-corrected chi connectivity index (χ2v) is 10.7. The molecule has 0 spiro atoms. The first-order valence-electron chi connectivity index (χ1n) is 13.2. The number of carbonyl (C=O) groups is 2. The molecule has 5 aromatic rings. The number of halogens is 1. The number of carboxylic acids is 1. The summed E-state index contributed by atoms with van der Waals surface area (Å²) in [6.07, 6.45) is -0.828. The van der Waals surface area contributed by atoms with E-state index < -0.39 is 23.7 Å². The summed E-state index contributed by atoms with van der Waals surface area (Å²) in [7, 11) is 0. The first kappa shape index (κ1) is 27.9. The Hall–Kier alpha value is -4.69. The van der Waals surface area contributed by atoms with E-state index in [0.717, 1.165) is 27.5 Å². The van der Waals surface area contributed by atoms with Crippen LogP contribution in [0.15, 0.2) is 89.3 Å². The molecule has 1 amide bonds. The number of carboxylic acid groups (broad SMARTS) is 1. The lowest BCUT2D eigenvalue weighted by Crippen LogP contribution is -2.46. The average molecular weight is 556 g/mol. The van der Waals surface area contributed by atoms with Crippen LogP contribution in [-0.2, 0) is 20.9 Å². The molecule has 0 aliphatic rings. The number of nitrogens with one attached hydrogen (secondary N) is 1. The van der Waals surface area contributed by atoms with E-state index in [4.69, 9.17) is 13.9 Å². The topological polar surface area (TPSA) is 98.0 Å². The molecule has 0 radical (unpaired) electrons. The van der Waals surface area contributed by atoms with Crippen molar-refractivity contribution in [2.75, 3.05) is 6.61 Å². The zero-order valence-electron chi connectivity index (χ0n) is 22.9. The number of furan rings is 1. The van der Waals surface area contributed by atoms with Crippen LogP contribution in [0.2, 0.25) is 0 Å². The van der Waals surface area contributed by atoms with Gasteiger partial charge >= 0.3 is 12.1 Å². The fourth-order valence-corrected chi connectivity index (χ4v) is 4.58. The van der Waals surface area contributed by atoms with Crippen LogP contribution >= 0.6 is 0 Å². The molecule has 1 aromatic heterocycles. The predicted octanol–water partition coefficient (Wildman–Crippen LogP) is 7.55. The first-order valence-corrected chi connectivity index (χ1v) is 13.2. The van der Waals surface area contributed by atoms with Gasteiger partial charge in [-0.3, -0.25) is 0 Å². The molecule has 41 heavy (non-hydrogen) atoms. The number of rotatable bonds is 8. The molecule has 1 unspecified atom stereocenters. The number of hydrogen-bond acceptors (Lipinski definition) is 5. The van der Waals surface area contributed by atoms with Crippen molar-refractivity contribution in [2.24, 2.45) is 0 Å². The Bertz CT molecular complexity index is 1720. The largest absolute Gasteiger partial charge is 0.480 e. The minimum Gasteiger partial charge on any atom is -0.480 e. The van der Waals surface area contributed by atoms with Gasteiger partial charge in [0.1, 0.15) is 22.6 Å². The Kier molecular flexibility index (Phi) is 7.77. The van der Waals surface area contributed by atoms with E-state index in [0.29, 0.717) is 22.3 Å². The Morgan fingerprint density at radius 3 is 2.32 bits per heavy atom. The van der Waals surface area contributed by atoms with Gasteiger partial charge in [-0.2, -0.15) is 0 Å². The van der Waals surface area contributed by atoms with Crippen LogP contribution in [0.1, 0.15) is 26.3 Å². The summed E-state index contributed by atoms with van der Waals surface area (Å²) in [5.41, 5.74) is 4.13. The number of para-hydroxylation sites is 2. The van der Waals surface area contributed by atoms with Gasteiger partial charge in [-0.15, -0.1) is 0 Å². The van der Waals surface area contributed by atoms with Crippen molar-refractivity contribution in [2.45, 2.75) is 39.0 Å². The van der Waals surface area contributed by atoms with Gasteiger partial charge in [-0.05, 0) is 49.6 Å². The second-order valence-electron chi connectivity index (χ2n) is 10.7. The molecule has 0 fully saturated rings. The summed E-state index contributed by atoms with van der Waals surface area (Å²) in [5, 5.41) is 13.6. The van der Waals surface area contributed by atoms with Crippen LogP contribution in [0.5, 0.6) is 0 Å². The van der Waals surface area contributed by atoms with E-state index in [1.807, 2.05) is 72.8 Å². The van der Waals surface area contributed by atoms with Crippen LogP contribution in [-0.4, -0.2) is 35.4 Å². The van der Waals surface area contributed by atoms with Gasteiger partial charge in [0.2, 0.25) is 0 Å². The first-order chi connectivity index (χ1) is 19.6. The van der Waals surface area contributed by atoms with Crippen LogP contribution in [0.4, 0.5) is 9.18 Å². The Morgan fingerprint density at radius 1 is 0.902 bits per heavy atom. The molecule has 210 valence electrons. The summed E-state index contributed by atoms with van der Waals surface area (Å²) in [6, 6.07) is 24.7. The number of carbonyl (C=O) groups excluding carboxylic acids is 1. The minimum absolute atomic E-state index is 0.134. The van der Waals surface area contributed by atoms with Gasteiger partial charge in [0.05, 0.1) is 13.2 Å². The van der Waals surface area contributed by atoms with E-state index in [-0.39, 0.29) is 19.0 Å². The van der Waals surface area contributed by atoms with Gasteiger partial charge in [0, 0.05) is 21.9 Å². The maximum absolute atomic E-state index is 15.4. The lowest BCUT2D eigenvalue weighted by Gasteiger charge is -2.22. The highest BCUT2D eigenvalue weighted by atomic mass is 19.1. The highest BCUT2D eigenvalue weighted by Crippen LogP contribution is 2.37. The molecule has 8 heteroatoms. The number of alkyl carbamates (subject to hydrolysis) is 1. The Balaban J connectivity index is 1.26. The third-order valence-electron chi connectivity index (χ3n) is 6.49. The van der Waals surface area contributed by atoms with Gasteiger partial charge < -0.3 is 24.3 Å². The average Bonchev–Trinajstić information content (AvgIpc) is 3.31. The van der Waals surface area contributed by atoms with Crippen molar-refractivity contribution < 1.29 is 33.0 Å². The van der Waals surface area contributed by atoms with Crippen molar-refractivity contribution in [3.05, 3.63) is 96.3 Å². The number of benzene rings is 4. The standard InChI is InChI=1S/C33H30FNO6/c1-33(2,3)41-32(38)35-28(31(36)37)19-39-18-20-11-13-21(14-12-20)22-15-16-23(27(34)17-22)25-8-6-9-26-24-7-4-5-10-29(24)40-30(25)26/h4-17,28H,18-19H2,1-3H3,(H,35,38)(H,36,37). The molecule has 1 heterocycles. The number of fused-ring (bicyclic) bond motifs is 3. The maximum atomic E-state index is 15.4. The molecular formula is C33H30FNO6. The molecule has 0 aliphatic heterocycles. The van der Waals surface area contributed by atoms with Crippen molar-refractivity contribution in [1.82, 2.24) is 5.32 Å². The van der Waals surface area contributed by atoms with Crippen molar-refractivity contribution in [1.29, 1.82) is 0 Å². The molecule has 0 aliphatic carbocycles. The Morgan fingerprint density at radius 2 is 1.61 bits per heavy atom. The highest BCUT2D eigenvalue weighted by Gasteiger charge is 2.24. The fraction of sp³-hybridized carbons (Fsp3) is 0.212. The van der Waals surface area contributed by atoms with Crippen LogP contribution in [0.25, 0.3) is 44.2 Å². The van der Waals surface area contributed by atoms with Gasteiger partial charge in [-0.25, -0.2) is 14.0 Å². The SMILES string of the molecule is CC(C)(C)OC(=O)NC(COCc1ccc(-c2ccc(-c3cccc4c3oc3ccccc34)c(F)c2)cc1)C(=O)O. The summed E-state index contributed by atoms with van der Waals surface area (Å²) in [5.74, 6) is -1.59. The third kappa shape index (κ3) is 6.39. The third-order valence-corrected chi connectivity index (χ3v) is 6.49. The zero-order chi connectivity index (χ0) is 29.1. The van der Waals surface area contributed by atoms with Crippen molar-refractivity contribution >= 4 is 34.0 Å². The molecule has 7 nitrogen and oxygen atoms in total. The summed E-state index contributed by atoms with van der Waals surface area (Å²) in [4.78, 5) is 23.4. The molecular weight excluding hydrogens is 525 g/mol. The zero-order valence-corrected chi connectivity index (χ0v) is 22.9. The van der Waals surface area contributed by atoms with E-state index in [1.165, 1.54) is 6.07 Å². The highest BCUT2D eigenvalue weighted by molar-refractivity contribution is 6.09. The van der Waals surface area contributed by atoms with E-state index in [2.05, 4.69) is 5.32 Å². The van der Waals surface area contributed by atoms with Crippen LogP contribution in [0, 0.1) is 5.82 Å². The lowest BCUT2D eigenvalue weighted by molar-refractivity contribution is -0.141. The van der Waals surface area contributed by atoms with Gasteiger partial charge in [-0.1, -0.05) is 72.8 Å². The molecule has 1 atom stereocenters. The van der Waals surface area contributed by atoms with Crippen LogP contribution in [0.3, 0.4) is 0 Å². The smallest absolute Gasteiger partial charge is 0.408 e. The molecule has 0 saturated heterocycles. The van der Waals surface area contributed by atoms with Gasteiger partial charge in [0.15, 0.2) is 6.04 Å². The normalized spacial score (nSPS) is 12.4. The summed E-state index contributed by atoms with van der Waals surface area (Å²) in [6.45, 7) is 4.96. The predicted molar refractivity (Wildman–Crippen MR) is 155 cm³/mol. The van der Waals surface area contributed by atoms with Crippen molar-refractivity contribution in [3.63, 3.8) is 0 Å². The number of hydrogen-bond donors (Lipinski definition) is 2. The van der Waals surface area contributed by atoms with E-state index >= 15 is 4.39 Å². The van der Waals surface area contributed by atoms with Crippen molar-refractivity contribution in [3.8, 4) is 22.3 Å². The van der Waals surface area contributed by atoms with Gasteiger partial charge in [0.25, 0.3) is 0 Å². The number of aliphatic carboxylic acids is 1. The fourth-order valence-electron chi connectivity index (χ4n) is 4.58. The second kappa shape index (κ2) is 11.4. The monoisotopic (exact) mass is 555 g/mol. The number of amides is 1. The molecule has 5 rings (SSSR count). The number of ether oxygens (including phenoxy) is 2. The molecule has 0 bridgehead atoms. The quantitative estimate of drug-likeness (QED) is 0.205. The lowest BCUT2D eigenvalue weighted by atomic mass is 9.97.